The van der Waals surface area contributed by atoms with Crippen LogP contribution >= 0.6 is 0 Å². The fourth-order valence-electron chi connectivity index (χ4n) is 3.40. The van der Waals surface area contributed by atoms with E-state index in [2.05, 4.69) is 35.5 Å². The minimum Gasteiger partial charge on any atom is -0.454 e. The van der Waals surface area contributed by atoms with E-state index in [4.69, 9.17) is 18.9 Å². The van der Waals surface area contributed by atoms with Crippen molar-refractivity contribution in [2.24, 2.45) is 0 Å². The smallest absolute Gasteiger partial charge is 0.231 e. The third-order valence-corrected chi connectivity index (χ3v) is 4.95. The maximum absolute atomic E-state index is 5.53. The fraction of sp³-hybridized carbons (Fsp3) is 0.0769. The predicted octanol–water partition coefficient (Wildman–Crippen LogP) is 3.66. The van der Waals surface area contributed by atoms with Crippen molar-refractivity contribution in [2.45, 2.75) is 0 Å². The van der Waals surface area contributed by atoms with Crippen LogP contribution in [0.1, 0.15) is 33.4 Å². The zero-order valence-electron chi connectivity index (χ0n) is 15.7. The average molecular weight is 388 g/mol. The SMILES string of the molecule is C1#Cc2cc3c(cc2C#Cc2cc4c(cc2C#Cc2ccccc21)OCO4)OCO3. The second-order valence-corrected chi connectivity index (χ2v) is 6.80. The lowest BCUT2D eigenvalue weighted by atomic mass is 10.0. The van der Waals surface area contributed by atoms with Crippen LogP contribution in [0.3, 0.4) is 0 Å². The lowest BCUT2D eigenvalue weighted by Gasteiger charge is -2.04. The molecule has 140 valence electrons. The lowest BCUT2D eigenvalue weighted by Crippen LogP contribution is -1.92. The van der Waals surface area contributed by atoms with Crippen LogP contribution in [0, 0.1) is 35.5 Å². The van der Waals surface area contributed by atoms with Crippen molar-refractivity contribution in [2.75, 3.05) is 13.6 Å². The molecule has 0 fully saturated rings. The van der Waals surface area contributed by atoms with E-state index in [-0.39, 0.29) is 13.6 Å². The molecule has 0 aromatic heterocycles. The van der Waals surface area contributed by atoms with Gasteiger partial charge in [-0.15, -0.1) is 0 Å². The van der Waals surface area contributed by atoms with Gasteiger partial charge < -0.3 is 18.9 Å². The highest BCUT2D eigenvalue weighted by Crippen LogP contribution is 2.36. The molecule has 1 aliphatic carbocycles. The molecule has 0 unspecified atom stereocenters. The maximum Gasteiger partial charge on any atom is 0.231 e. The van der Waals surface area contributed by atoms with E-state index < -0.39 is 0 Å². The van der Waals surface area contributed by atoms with Crippen molar-refractivity contribution >= 4 is 0 Å². The molecule has 3 aliphatic rings. The van der Waals surface area contributed by atoms with Crippen molar-refractivity contribution in [3.8, 4) is 58.5 Å². The van der Waals surface area contributed by atoms with Gasteiger partial charge in [0.2, 0.25) is 13.6 Å². The molecule has 3 aromatic carbocycles. The zero-order valence-corrected chi connectivity index (χ0v) is 15.7. The molecule has 0 bridgehead atoms. The van der Waals surface area contributed by atoms with Gasteiger partial charge in [0.05, 0.1) is 0 Å². The Labute approximate surface area is 173 Å². The Hall–Kier alpha value is -4.46. The van der Waals surface area contributed by atoms with Gasteiger partial charge in [-0.25, -0.2) is 0 Å². The summed E-state index contributed by atoms with van der Waals surface area (Å²) in [6.07, 6.45) is 0. The van der Waals surface area contributed by atoms with Crippen LogP contribution in [0.25, 0.3) is 0 Å². The minimum absolute atomic E-state index is 0.196. The Morgan fingerprint density at radius 2 is 0.733 bits per heavy atom. The van der Waals surface area contributed by atoms with Crippen LogP contribution in [0.15, 0.2) is 48.5 Å². The van der Waals surface area contributed by atoms with Gasteiger partial charge >= 0.3 is 0 Å². The van der Waals surface area contributed by atoms with E-state index >= 15 is 0 Å². The summed E-state index contributed by atoms with van der Waals surface area (Å²) in [5.41, 5.74) is 4.78. The fourth-order valence-corrected chi connectivity index (χ4v) is 3.40. The highest BCUT2D eigenvalue weighted by molar-refractivity contribution is 5.66. The summed E-state index contributed by atoms with van der Waals surface area (Å²) in [7, 11) is 0. The molecule has 0 amide bonds. The second kappa shape index (κ2) is 6.56. The first-order valence-corrected chi connectivity index (χ1v) is 9.36. The topological polar surface area (TPSA) is 36.9 Å². The van der Waals surface area contributed by atoms with Gasteiger partial charge in [-0.2, -0.15) is 0 Å². The first-order chi connectivity index (χ1) is 14.8. The van der Waals surface area contributed by atoms with Gasteiger partial charge in [-0.3, -0.25) is 0 Å². The van der Waals surface area contributed by atoms with E-state index in [0.717, 1.165) is 33.4 Å². The molecule has 0 radical (unpaired) electrons. The van der Waals surface area contributed by atoms with Crippen LogP contribution < -0.4 is 18.9 Å². The molecule has 4 nitrogen and oxygen atoms in total. The molecule has 0 atom stereocenters. The normalized spacial score (nSPS) is 13.5. The second-order valence-electron chi connectivity index (χ2n) is 6.80. The molecule has 0 N–H and O–H groups in total. The van der Waals surface area contributed by atoms with Gasteiger partial charge in [0.25, 0.3) is 0 Å². The van der Waals surface area contributed by atoms with Gasteiger partial charge in [-0.05, 0) is 12.1 Å². The van der Waals surface area contributed by atoms with Crippen molar-refractivity contribution in [3.63, 3.8) is 0 Å². The summed E-state index contributed by atoms with van der Waals surface area (Å²) in [5, 5.41) is 0. The molecule has 0 saturated carbocycles. The molecular formula is C26H12O4. The van der Waals surface area contributed by atoms with Crippen LogP contribution in [0.2, 0.25) is 0 Å². The number of hydrogen-bond donors (Lipinski definition) is 0. The van der Waals surface area contributed by atoms with Crippen LogP contribution in [0.5, 0.6) is 23.0 Å². The number of benzene rings is 3. The standard InChI is InChI=1S/C26H12O4/c1-2-4-18-6-8-20-12-24-26(30-16-28-24)14-22(20)10-9-21-13-25-23(27-15-29-25)11-19(21)7-5-17(18)3-1/h1-4,11-14H,15-16H2. The average Bonchev–Trinajstić information content (AvgIpc) is 3.42. The molecule has 4 heteroatoms. The maximum atomic E-state index is 5.53. The van der Waals surface area contributed by atoms with Gasteiger partial charge in [-0.1, -0.05) is 47.7 Å². The number of ether oxygens (including phenoxy) is 4. The number of fused-ring (bicyclic) bond motifs is 5. The summed E-state index contributed by atoms with van der Waals surface area (Å²) >= 11 is 0. The van der Waals surface area contributed by atoms with Gasteiger partial charge in [0.1, 0.15) is 0 Å². The van der Waals surface area contributed by atoms with Crippen LogP contribution in [-0.2, 0) is 0 Å². The summed E-state index contributed by atoms with van der Waals surface area (Å²) in [6, 6.07) is 15.3. The highest BCUT2D eigenvalue weighted by Gasteiger charge is 2.18. The third-order valence-electron chi connectivity index (χ3n) is 4.95. The summed E-state index contributed by atoms with van der Waals surface area (Å²) in [5.74, 6) is 22.1. The van der Waals surface area contributed by atoms with E-state index in [1.165, 1.54) is 0 Å². The monoisotopic (exact) mass is 388 g/mol. The Morgan fingerprint density at radius 3 is 1.07 bits per heavy atom. The molecule has 0 saturated heterocycles. The molecule has 3 aromatic rings. The molecule has 6 rings (SSSR count). The Bertz CT molecular complexity index is 1310. The van der Waals surface area contributed by atoms with Crippen LogP contribution in [0.4, 0.5) is 0 Å². The first-order valence-electron chi connectivity index (χ1n) is 9.36. The zero-order chi connectivity index (χ0) is 19.9. The Morgan fingerprint density at radius 1 is 0.433 bits per heavy atom. The summed E-state index contributed by atoms with van der Waals surface area (Å²) in [6.45, 7) is 0.393. The van der Waals surface area contributed by atoms with E-state index in [1.807, 2.05) is 48.5 Å². The number of hydrogen-bond acceptors (Lipinski definition) is 4. The van der Waals surface area contributed by atoms with Crippen molar-refractivity contribution in [1.82, 2.24) is 0 Å². The van der Waals surface area contributed by atoms with Crippen LogP contribution in [-0.4, -0.2) is 13.6 Å². The summed E-state index contributed by atoms with van der Waals surface area (Å²) in [4.78, 5) is 0. The quantitative estimate of drug-likeness (QED) is 0.431. The van der Waals surface area contributed by atoms with Crippen molar-refractivity contribution < 1.29 is 18.9 Å². The molecule has 30 heavy (non-hydrogen) atoms. The molecule has 0 spiro atoms. The highest BCUT2D eigenvalue weighted by atomic mass is 16.7. The van der Waals surface area contributed by atoms with Crippen molar-refractivity contribution in [3.05, 3.63) is 81.9 Å². The summed E-state index contributed by atoms with van der Waals surface area (Å²) < 4.78 is 22.1. The Kier molecular flexibility index (Phi) is 3.60. The van der Waals surface area contributed by atoms with Gasteiger partial charge in [0, 0.05) is 57.6 Å². The molecule has 2 aliphatic heterocycles. The molecule has 2 heterocycles. The van der Waals surface area contributed by atoms with Crippen molar-refractivity contribution in [1.29, 1.82) is 0 Å². The van der Waals surface area contributed by atoms with E-state index in [1.54, 1.807) is 0 Å². The Balaban J connectivity index is 1.63. The number of rotatable bonds is 0. The largest absolute Gasteiger partial charge is 0.454 e. The third kappa shape index (κ3) is 2.78. The molecular weight excluding hydrogens is 376 g/mol. The van der Waals surface area contributed by atoms with E-state index in [9.17, 15) is 0 Å². The first kappa shape index (κ1) is 16.5. The lowest BCUT2D eigenvalue weighted by molar-refractivity contribution is 0.173. The minimum atomic E-state index is 0.196. The van der Waals surface area contributed by atoms with E-state index in [0.29, 0.717) is 23.0 Å². The predicted molar refractivity (Wildman–Crippen MR) is 110 cm³/mol. The van der Waals surface area contributed by atoms with Gasteiger partial charge in [0.15, 0.2) is 23.0 Å².